The van der Waals surface area contributed by atoms with E-state index in [1.54, 1.807) is 18.2 Å². The minimum atomic E-state index is -0.564. The third-order valence-electron chi connectivity index (χ3n) is 4.58. The number of nitrogens with one attached hydrogen (secondary N) is 2. The van der Waals surface area contributed by atoms with Gasteiger partial charge in [-0.05, 0) is 32.0 Å². The van der Waals surface area contributed by atoms with E-state index in [2.05, 4.69) is 15.5 Å². The normalized spacial score (nSPS) is 19.2. The van der Waals surface area contributed by atoms with Crippen LogP contribution in [0, 0.1) is 5.82 Å². The van der Waals surface area contributed by atoms with Gasteiger partial charge in [-0.1, -0.05) is 18.2 Å². The highest BCUT2D eigenvalue weighted by Gasteiger charge is 2.31. The van der Waals surface area contributed by atoms with E-state index in [-0.39, 0.29) is 31.5 Å². The first-order valence-corrected chi connectivity index (χ1v) is 8.39. The first kappa shape index (κ1) is 17.3. The lowest BCUT2D eigenvalue weighted by Crippen LogP contribution is -2.43. The Morgan fingerprint density at radius 3 is 2.60 bits per heavy atom. The van der Waals surface area contributed by atoms with Crippen molar-refractivity contribution >= 4 is 17.8 Å². The molecule has 2 heterocycles. The number of carbonyl (C=O) groups is 3. The van der Waals surface area contributed by atoms with Crippen LogP contribution in [-0.2, 0) is 9.59 Å². The van der Waals surface area contributed by atoms with E-state index in [9.17, 15) is 18.8 Å². The molecule has 2 N–H and O–H groups in total. The molecule has 2 saturated heterocycles. The molecule has 3 rings (SSSR count). The van der Waals surface area contributed by atoms with Gasteiger partial charge in [0.15, 0.2) is 0 Å². The molecule has 0 bridgehead atoms. The lowest BCUT2D eigenvalue weighted by Gasteiger charge is -2.28. The molecule has 2 aliphatic heterocycles. The summed E-state index contributed by atoms with van der Waals surface area (Å²) in [5.74, 6) is -1.17. The van der Waals surface area contributed by atoms with E-state index < -0.39 is 17.8 Å². The Balaban J connectivity index is 1.64. The molecule has 134 valence electrons. The summed E-state index contributed by atoms with van der Waals surface area (Å²) in [6.45, 7) is 1.51. The van der Waals surface area contributed by atoms with Crippen molar-refractivity contribution in [2.75, 3.05) is 32.7 Å². The van der Waals surface area contributed by atoms with Crippen LogP contribution in [0.5, 0.6) is 0 Å². The van der Waals surface area contributed by atoms with Crippen molar-refractivity contribution < 1.29 is 18.8 Å². The highest BCUT2D eigenvalue weighted by atomic mass is 19.1. The van der Waals surface area contributed by atoms with Crippen molar-refractivity contribution in [3.63, 3.8) is 0 Å². The largest absolute Gasteiger partial charge is 0.353 e. The zero-order valence-electron chi connectivity index (χ0n) is 13.8. The number of benzene rings is 1. The molecular formula is C17H21FN4O3. The first-order valence-electron chi connectivity index (χ1n) is 8.39. The van der Waals surface area contributed by atoms with Gasteiger partial charge < -0.3 is 10.6 Å². The van der Waals surface area contributed by atoms with Crippen molar-refractivity contribution in [1.29, 1.82) is 0 Å². The van der Waals surface area contributed by atoms with Gasteiger partial charge in [0.2, 0.25) is 5.91 Å². The molecule has 25 heavy (non-hydrogen) atoms. The molecule has 0 unspecified atom stereocenters. The van der Waals surface area contributed by atoms with E-state index >= 15 is 0 Å². The summed E-state index contributed by atoms with van der Waals surface area (Å²) in [7, 11) is 0. The molecule has 0 spiro atoms. The second-order valence-electron chi connectivity index (χ2n) is 6.22. The lowest BCUT2D eigenvalue weighted by atomic mass is 10.0. The monoisotopic (exact) mass is 348 g/mol. The Morgan fingerprint density at radius 2 is 1.96 bits per heavy atom. The van der Waals surface area contributed by atoms with Crippen LogP contribution in [-0.4, -0.2) is 60.4 Å². The number of halogens is 1. The second-order valence-corrected chi connectivity index (χ2v) is 6.22. The summed E-state index contributed by atoms with van der Waals surface area (Å²) >= 11 is 0. The molecule has 0 aromatic heterocycles. The van der Waals surface area contributed by atoms with E-state index in [1.807, 2.05) is 0 Å². The van der Waals surface area contributed by atoms with Gasteiger partial charge >= 0.3 is 6.03 Å². The van der Waals surface area contributed by atoms with Gasteiger partial charge in [-0.3, -0.25) is 19.4 Å². The average Bonchev–Trinajstić information content (AvgIpc) is 3.22. The molecule has 0 radical (unpaired) electrons. The van der Waals surface area contributed by atoms with Gasteiger partial charge in [-0.15, -0.1) is 0 Å². The number of carbonyl (C=O) groups excluding carboxylic acids is 3. The van der Waals surface area contributed by atoms with Crippen LogP contribution in [0.3, 0.4) is 0 Å². The van der Waals surface area contributed by atoms with Crippen LogP contribution in [0.4, 0.5) is 9.18 Å². The molecule has 8 heteroatoms. The first-order chi connectivity index (χ1) is 12.1. The maximum atomic E-state index is 14.2. The fraction of sp³-hybridized carbons (Fsp3) is 0.471. The molecule has 0 saturated carbocycles. The lowest BCUT2D eigenvalue weighted by molar-refractivity contribution is -0.130. The van der Waals surface area contributed by atoms with Crippen LogP contribution in [0.15, 0.2) is 24.3 Å². The summed E-state index contributed by atoms with van der Waals surface area (Å²) < 4.78 is 14.2. The van der Waals surface area contributed by atoms with Gasteiger partial charge in [0.05, 0.1) is 12.6 Å². The average molecular weight is 348 g/mol. The summed E-state index contributed by atoms with van der Waals surface area (Å²) in [4.78, 5) is 38.2. The number of hydrogen-bond donors (Lipinski definition) is 2. The van der Waals surface area contributed by atoms with Crippen LogP contribution >= 0.6 is 0 Å². The SMILES string of the molecule is O=C(CN1C(=O)CNC1=O)NC[C@@H](c1ccccc1F)N1CCCC1. The molecule has 7 nitrogen and oxygen atoms in total. The zero-order chi connectivity index (χ0) is 17.8. The second kappa shape index (κ2) is 7.60. The van der Waals surface area contributed by atoms with Gasteiger partial charge in [-0.25, -0.2) is 9.18 Å². The number of imide groups is 1. The molecule has 1 aromatic carbocycles. The summed E-state index contributed by atoms with van der Waals surface area (Å²) in [5, 5.41) is 5.10. The summed E-state index contributed by atoms with van der Waals surface area (Å²) in [6, 6.07) is 5.71. The van der Waals surface area contributed by atoms with Crippen molar-refractivity contribution in [3.8, 4) is 0 Å². The van der Waals surface area contributed by atoms with Crippen molar-refractivity contribution in [3.05, 3.63) is 35.6 Å². The summed E-state index contributed by atoms with van der Waals surface area (Å²) in [5.41, 5.74) is 0.541. The maximum Gasteiger partial charge on any atom is 0.325 e. The maximum absolute atomic E-state index is 14.2. The van der Waals surface area contributed by atoms with Crippen molar-refractivity contribution in [2.24, 2.45) is 0 Å². The molecule has 2 fully saturated rings. The van der Waals surface area contributed by atoms with Gasteiger partial charge in [0.1, 0.15) is 12.4 Å². The zero-order valence-corrected chi connectivity index (χ0v) is 13.8. The van der Waals surface area contributed by atoms with Crippen molar-refractivity contribution in [1.82, 2.24) is 20.4 Å². The number of amides is 4. The highest BCUT2D eigenvalue weighted by molar-refractivity contribution is 6.04. The fourth-order valence-corrected chi connectivity index (χ4v) is 3.26. The third-order valence-corrected chi connectivity index (χ3v) is 4.58. The van der Waals surface area contributed by atoms with Crippen LogP contribution < -0.4 is 10.6 Å². The molecular weight excluding hydrogens is 327 g/mol. The standard InChI is InChI=1S/C17H21FN4O3/c18-13-6-2-1-5-12(13)14(21-7-3-4-8-21)9-19-15(23)11-22-16(24)10-20-17(22)25/h1-2,5-6,14H,3-4,7-11H2,(H,19,23)(H,20,25)/t14-/m0/s1. The third kappa shape index (κ3) is 3.96. The Morgan fingerprint density at radius 1 is 1.24 bits per heavy atom. The molecule has 0 aliphatic carbocycles. The van der Waals surface area contributed by atoms with E-state index in [0.29, 0.717) is 5.56 Å². The Kier molecular flexibility index (Phi) is 5.28. The minimum absolute atomic E-state index is 0.0856. The van der Waals surface area contributed by atoms with Gasteiger partial charge in [0.25, 0.3) is 5.91 Å². The van der Waals surface area contributed by atoms with Crippen molar-refractivity contribution in [2.45, 2.75) is 18.9 Å². The number of nitrogens with zero attached hydrogens (tertiary/aromatic N) is 2. The number of hydrogen-bond acceptors (Lipinski definition) is 4. The quantitative estimate of drug-likeness (QED) is 0.739. The van der Waals surface area contributed by atoms with E-state index in [4.69, 9.17) is 0 Å². The van der Waals surface area contributed by atoms with Crippen LogP contribution in [0.2, 0.25) is 0 Å². The molecule has 1 aromatic rings. The molecule has 2 aliphatic rings. The van der Waals surface area contributed by atoms with Crippen LogP contribution in [0.25, 0.3) is 0 Å². The number of urea groups is 1. The number of likely N-dealkylation sites (tertiary alicyclic amines) is 1. The molecule has 1 atom stereocenters. The smallest absolute Gasteiger partial charge is 0.325 e. The van der Waals surface area contributed by atoms with Gasteiger partial charge in [-0.2, -0.15) is 0 Å². The topological polar surface area (TPSA) is 81.8 Å². The van der Waals surface area contributed by atoms with E-state index in [0.717, 1.165) is 30.8 Å². The molecule has 4 amide bonds. The highest BCUT2D eigenvalue weighted by Crippen LogP contribution is 2.26. The van der Waals surface area contributed by atoms with Gasteiger partial charge in [0, 0.05) is 12.1 Å². The fourth-order valence-electron chi connectivity index (χ4n) is 3.26. The number of rotatable bonds is 6. The van der Waals surface area contributed by atoms with E-state index in [1.165, 1.54) is 6.07 Å². The predicted octanol–water partition coefficient (Wildman–Crippen LogP) is 0.631. The summed E-state index contributed by atoms with van der Waals surface area (Å²) in [6.07, 6.45) is 2.09. The Labute approximate surface area is 145 Å². The van der Waals surface area contributed by atoms with Crippen LogP contribution in [0.1, 0.15) is 24.4 Å². The minimum Gasteiger partial charge on any atom is -0.353 e. The predicted molar refractivity (Wildman–Crippen MR) is 88.1 cm³/mol. The Hall–Kier alpha value is -2.48. The Bertz CT molecular complexity index is 660.